The standard InChI is InChI=1S/C9H12O.Cl2O2S/c1-3-8-4-6-9(10-2)7-5-8;1-5(2,3)4/h4-7H,3H2,1-2H3;. The molecule has 0 aromatic heterocycles. The second-order valence-electron chi connectivity index (χ2n) is 2.58. The van der Waals surface area contributed by atoms with Crippen molar-refractivity contribution in [1.82, 2.24) is 0 Å². The highest BCUT2D eigenvalue weighted by molar-refractivity contribution is 8.31. The molecule has 86 valence electrons. The summed E-state index contributed by atoms with van der Waals surface area (Å²) in [5.74, 6) is 0.928. The maximum atomic E-state index is 9.16. The predicted octanol–water partition coefficient (Wildman–Crippen LogP) is 2.97. The zero-order valence-electron chi connectivity index (χ0n) is 8.41. The van der Waals surface area contributed by atoms with E-state index in [0.717, 1.165) is 12.2 Å². The Morgan fingerprint density at radius 1 is 1.20 bits per heavy atom. The fraction of sp³-hybridized carbons (Fsp3) is 0.333. The zero-order valence-corrected chi connectivity index (χ0v) is 10.7. The lowest BCUT2D eigenvalue weighted by Crippen LogP contribution is -1.83. The van der Waals surface area contributed by atoms with Crippen LogP contribution in [0.25, 0.3) is 0 Å². The number of aryl methyl sites for hydroxylation is 1. The van der Waals surface area contributed by atoms with Gasteiger partial charge < -0.3 is 4.74 Å². The Kier molecular flexibility index (Phi) is 6.72. The van der Waals surface area contributed by atoms with E-state index in [1.165, 1.54) is 5.56 Å². The summed E-state index contributed by atoms with van der Waals surface area (Å²) in [5.41, 5.74) is 1.35. The summed E-state index contributed by atoms with van der Waals surface area (Å²) in [6.45, 7) is 2.14. The Balaban J connectivity index is 0.000000336. The minimum atomic E-state index is -3.72. The quantitative estimate of drug-likeness (QED) is 0.777. The number of hydrogen-bond acceptors (Lipinski definition) is 3. The molecule has 0 atom stereocenters. The van der Waals surface area contributed by atoms with Crippen LogP contribution in [0.2, 0.25) is 0 Å². The molecule has 0 heterocycles. The van der Waals surface area contributed by atoms with Gasteiger partial charge in [-0.15, -0.1) is 0 Å². The van der Waals surface area contributed by atoms with Crippen molar-refractivity contribution >= 4 is 29.6 Å². The minimum absolute atomic E-state index is 0.928. The number of ether oxygens (including phenoxy) is 1. The molecule has 0 radical (unpaired) electrons. The van der Waals surface area contributed by atoms with E-state index in [1.807, 2.05) is 12.1 Å². The first kappa shape index (κ1) is 14.6. The fourth-order valence-corrected chi connectivity index (χ4v) is 0.861. The number of halogens is 2. The summed E-state index contributed by atoms with van der Waals surface area (Å²) in [6.07, 6.45) is 1.09. The maximum absolute atomic E-state index is 9.16. The first-order valence-electron chi connectivity index (χ1n) is 4.14. The van der Waals surface area contributed by atoms with Crippen LogP contribution in [-0.4, -0.2) is 15.5 Å². The lowest BCUT2D eigenvalue weighted by Gasteiger charge is -1.99. The van der Waals surface area contributed by atoms with Gasteiger partial charge in [-0.2, -0.15) is 8.42 Å². The average molecular weight is 271 g/mol. The van der Waals surface area contributed by atoms with E-state index in [4.69, 9.17) is 13.2 Å². The van der Waals surface area contributed by atoms with Crippen LogP contribution < -0.4 is 4.74 Å². The molecule has 15 heavy (non-hydrogen) atoms. The molecule has 0 bridgehead atoms. The summed E-state index contributed by atoms with van der Waals surface area (Å²) < 4.78 is 23.3. The SMILES string of the molecule is CCc1ccc(OC)cc1.O=S(=O)(Cl)Cl. The topological polar surface area (TPSA) is 43.4 Å². The van der Waals surface area contributed by atoms with Crippen LogP contribution in [-0.2, 0) is 14.7 Å². The highest BCUT2D eigenvalue weighted by Crippen LogP contribution is 2.10. The van der Waals surface area contributed by atoms with Gasteiger partial charge in [0.15, 0.2) is 0 Å². The summed E-state index contributed by atoms with van der Waals surface area (Å²) in [4.78, 5) is 0. The van der Waals surface area contributed by atoms with Crippen molar-refractivity contribution in [2.75, 3.05) is 7.11 Å². The molecule has 3 nitrogen and oxygen atoms in total. The molecule has 0 fully saturated rings. The monoisotopic (exact) mass is 270 g/mol. The van der Waals surface area contributed by atoms with Crippen molar-refractivity contribution in [2.24, 2.45) is 0 Å². The molecule has 0 N–H and O–H groups in total. The average Bonchev–Trinajstić information content (AvgIpc) is 2.15. The van der Waals surface area contributed by atoms with Gasteiger partial charge >= 0.3 is 8.26 Å². The molecular weight excluding hydrogens is 259 g/mol. The molecule has 0 aliphatic carbocycles. The van der Waals surface area contributed by atoms with Crippen molar-refractivity contribution in [2.45, 2.75) is 13.3 Å². The van der Waals surface area contributed by atoms with Gasteiger partial charge in [-0.3, -0.25) is 0 Å². The zero-order chi connectivity index (χ0) is 11.9. The molecule has 0 unspecified atom stereocenters. The molecule has 0 aliphatic rings. The molecule has 0 aliphatic heterocycles. The summed E-state index contributed by atoms with van der Waals surface area (Å²) in [6, 6.07) is 8.13. The Labute approximate surface area is 98.9 Å². The Morgan fingerprint density at radius 2 is 1.60 bits per heavy atom. The Hall–Kier alpha value is -0.450. The molecule has 6 heteroatoms. The van der Waals surface area contributed by atoms with Gasteiger partial charge in [0.05, 0.1) is 7.11 Å². The molecule has 0 amide bonds. The van der Waals surface area contributed by atoms with Gasteiger partial charge in [-0.25, -0.2) is 0 Å². The third-order valence-corrected chi connectivity index (χ3v) is 1.57. The smallest absolute Gasteiger partial charge is 0.317 e. The van der Waals surface area contributed by atoms with E-state index >= 15 is 0 Å². The van der Waals surface area contributed by atoms with Gasteiger partial charge in [0.1, 0.15) is 5.75 Å². The fourth-order valence-electron chi connectivity index (χ4n) is 0.861. The van der Waals surface area contributed by atoms with Crippen LogP contribution in [0.15, 0.2) is 24.3 Å². The Morgan fingerprint density at radius 3 is 1.87 bits per heavy atom. The lowest BCUT2D eigenvalue weighted by molar-refractivity contribution is 0.414. The number of benzene rings is 1. The van der Waals surface area contributed by atoms with E-state index in [2.05, 4.69) is 40.4 Å². The summed E-state index contributed by atoms with van der Waals surface area (Å²) in [5, 5.41) is 0. The number of hydrogen-bond donors (Lipinski definition) is 0. The van der Waals surface area contributed by atoms with Gasteiger partial charge in [-0.1, -0.05) is 19.1 Å². The summed E-state index contributed by atoms with van der Waals surface area (Å²) in [7, 11) is 6.49. The maximum Gasteiger partial charge on any atom is 0.317 e. The number of methoxy groups -OCH3 is 1. The van der Waals surface area contributed by atoms with Crippen molar-refractivity contribution in [3.8, 4) is 5.75 Å². The van der Waals surface area contributed by atoms with E-state index in [-0.39, 0.29) is 0 Å². The van der Waals surface area contributed by atoms with Crippen LogP contribution >= 0.6 is 21.4 Å². The van der Waals surface area contributed by atoms with E-state index < -0.39 is 8.26 Å². The van der Waals surface area contributed by atoms with Crippen LogP contribution in [0.5, 0.6) is 5.75 Å². The third kappa shape index (κ3) is 9.85. The van der Waals surface area contributed by atoms with Gasteiger partial charge in [0, 0.05) is 21.4 Å². The molecular formula is C9H12Cl2O3S. The molecule has 0 spiro atoms. The third-order valence-electron chi connectivity index (χ3n) is 1.57. The van der Waals surface area contributed by atoms with Crippen molar-refractivity contribution in [1.29, 1.82) is 0 Å². The highest BCUT2D eigenvalue weighted by atomic mass is 36.0. The molecule has 0 saturated heterocycles. The van der Waals surface area contributed by atoms with E-state index in [9.17, 15) is 0 Å². The predicted molar refractivity (Wildman–Crippen MR) is 63.0 cm³/mol. The molecule has 1 aromatic rings. The number of rotatable bonds is 2. The van der Waals surface area contributed by atoms with Crippen molar-refractivity contribution in [3.05, 3.63) is 29.8 Å². The van der Waals surface area contributed by atoms with E-state index in [1.54, 1.807) is 7.11 Å². The van der Waals surface area contributed by atoms with Gasteiger partial charge in [0.2, 0.25) is 0 Å². The second kappa shape index (κ2) is 6.93. The van der Waals surface area contributed by atoms with Crippen molar-refractivity contribution < 1.29 is 13.2 Å². The lowest BCUT2D eigenvalue weighted by atomic mass is 10.2. The summed E-state index contributed by atoms with van der Waals surface area (Å²) >= 11 is 0. The minimum Gasteiger partial charge on any atom is -0.497 e. The van der Waals surface area contributed by atoms with Crippen molar-refractivity contribution in [3.63, 3.8) is 0 Å². The van der Waals surface area contributed by atoms with E-state index in [0.29, 0.717) is 0 Å². The second-order valence-corrected chi connectivity index (χ2v) is 6.25. The van der Waals surface area contributed by atoms with Gasteiger partial charge in [-0.05, 0) is 24.1 Å². The highest BCUT2D eigenvalue weighted by Gasteiger charge is 1.89. The Bertz CT molecular complexity index is 342. The first-order valence-corrected chi connectivity index (χ1v) is 7.27. The first-order chi connectivity index (χ1) is 6.86. The van der Waals surface area contributed by atoms with Crippen LogP contribution in [0, 0.1) is 0 Å². The largest absolute Gasteiger partial charge is 0.497 e. The van der Waals surface area contributed by atoms with Gasteiger partial charge in [0.25, 0.3) is 0 Å². The van der Waals surface area contributed by atoms with Crippen LogP contribution in [0.4, 0.5) is 0 Å². The molecule has 0 saturated carbocycles. The normalized spacial score (nSPS) is 10.1. The molecule has 1 rings (SSSR count). The molecule has 1 aromatic carbocycles. The van der Waals surface area contributed by atoms with Crippen LogP contribution in [0.1, 0.15) is 12.5 Å². The van der Waals surface area contributed by atoms with Crippen LogP contribution in [0.3, 0.4) is 0 Å².